The lowest BCUT2D eigenvalue weighted by Crippen LogP contribution is -2.09. The minimum absolute atomic E-state index is 0.0647. The molecule has 0 fully saturated rings. The number of ether oxygens (including phenoxy) is 1. The van der Waals surface area contributed by atoms with Crippen LogP contribution in [-0.2, 0) is 0 Å². The number of hydrogen-bond donors (Lipinski definition) is 1. The van der Waals surface area contributed by atoms with E-state index in [2.05, 4.69) is 15.9 Å². The first kappa shape index (κ1) is 13.9. The van der Waals surface area contributed by atoms with Gasteiger partial charge in [0.2, 0.25) is 0 Å². The van der Waals surface area contributed by atoms with Crippen LogP contribution in [-0.4, -0.2) is 4.99 Å². The van der Waals surface area contributed by atoms with E-state index < -0.39 is 11.6 Å². The Labute approximate surface area is 122 Å². The van der Waals surface area contributed by atoms with Gasteiger partial charge in [-0.15, -0.1) is 0 Å². The molecule has 0 saturated heterocycles. The van der Waals surface area contributed by atoms with E-state index >= 15 is 0 Å². The highest BCUT2D eigenvalue weighted by molar-refractivity contribution is 9.10. The van der Waals surface area contributed by atoms with Crippen molar-refractivity contribution in [3.8, 4) is 11.5 Å². The van der Waals surface area contributed by atoms with Crippen molar-refractivity contribution in [2.45, 2.75) is 0 Å². The first-order chi connectivity index (χ1) is 8.97. The van der Waals surface area contributed by atoms with Gasteiger partial charge in [0.15, 0.2) is 23.1 Å². The van der Waals surface area contributed by atoms with Gasteiger partial charge in [0.25, 0.3) is 0 Å². The second-order valence-electron chi connectivity index (χ2n) is 3.69. The highest BCUT2D eigenvalue weighted by Crippen LogP contribution is 2.28. The summed E-state index contributed by atoms with van der Waals surface area (Å²) in [7, 11) is 0. The molecule has 98 valence electrons. The van der Waals surface area contributed by atoms with Crippen molar-refractivity contribution in [2.24, 2.45) is 5.73 Å². The summed E-state index contributed by atoms with van der Waals surface area (Å²) in [6.45, 7) is 0. The van der Waals surface area contributed by atoms with Crippen LogP contribution in [0, 0.1) is 11.6 Å². The molecule has 0 aliphatic carbocycles. The van der Waals surface area contributed by atoms with E-state index in [-0.39, 0.29) is 16.5 Å². The topological polar surface area (TPSA) is 35.2 Å². The highest BCUT2D eigenvalue weighted by atomic mass is 79.9. The van der Waals surface area contributed by atoms with Gasteiger partial charge in [0.1, 0.15) is 4.99 Å². The summed E-state index contributed by atoms with van der Waals surface area (Å²) in [5.41, 5.74) is 5.77. The summed E-state index contributed by atoms with van der Waals surface area (Å²) < 4.78 is 33.0. The zero-order valence-electron chi connectivity index (χ0n) is 9.49. The minimum Gasteiger partial charge on any atom is -0.451 e. The second kappa shape index (κ2) is 5.63. The molecule has 19 heavy (non-hydrogen) atoms. The van der Waals surface area contributed by atoms with Crippen LogP contribution < -0.4 is 10.5 Å². The molecule has 0 amide bonds. The highest BCUT2D eigenvalue weighted by Gasteiger charge is 2.10. The second-order valence-corrected chi connectivity index (χ2v) is 5.04. The zero-order valence-corrected chi connectivity index (χ0v) is 11.9. The average Bonchev–Trinajstić information content (AvgIpc) is 2.34. The molecule has 0 saturated carbocycles. The maximum Gasteiger partial charge on any atom is 0.166 e. The quantitative estimate of drug-likeness (QED) is 0.850. The number of halogens is 3. The molecule has 0 spiro atoms. The van der Waals surface area contributed by atoms with E-state index in [9.17, 15) is 8.78 Å². The first-order valence-electron chi connectivity index (χ1n) is 5.19. The van der Waals surface area contributed by atoms with Crippen LogP contribution in [0.2, 0.25) is 0 Å². The summed E-state index contributed by atoms with van der Waals surface area (Å²) in [4.78, 5) is 0.0836. The molecule has 0 aliphatic rings. The molecule has 6 heteroatoms. The molecule has 0 aliphatic heterocycles. The lowest BCUT2D eigenvalue weighted by atomic mass is 10.2. The van der Waals surface area contributed by atoms with Crippen LogP contribution in [0.5, 0.6) is 11.5 Å². The number of hydrogen-bond acceptors (Lipinski definition) is 2. The van der Waals surface area contributed by atoms with Crippen LogP contribution in [0.4, 0.5) is 8.78 Å². The summed E-state index contributed by atoms with van der Waals surface area (Å²) in [6, 6.07) is 8.24. The Morgan fingerprint density at radius 3 is 2.16 bits per heavy atom. The van der Waals surface area contributed by atoms with E-state index in [1.807, 2.05) is 0 Å². The minimum atomic E-state index is -0.660. The van der Waals surface area contributed by atoms with E-state index in [1.165, 1.54) is 24.3 Å². The first-order valence-corrected chi connectivity index (χ1v) is 6.40. The van der Waals surface area contributed by atoms with Gasteiger partial charge in [0.05, 0.1) is 0 Å². The SMILES string of the molecule is NC(=S)c1ccc(Oc2ccc(Br)cc2F)c(F)c1. The van der Waals surface area contributed by atoms with Crippen LogP contribution in [0.1, 0.15) is 5.56 Å². The maximum atomic E-state index is 13.7. The van der Waals surface area contributed by atoms with Gasteiger partial charge in [-0.05, 0) is 36.4 Å². The largest absolute Gasteiger partial charge is 0.451 e. The third kappa shape index (κ3) is 3.27. The zero-order chi connectivity index (χ0) is 14.0. The molecule has 0 radical (unpaired) electrons. The molecule has 2 aromatic rings. The molecule has 0 bridgehead atoms. The normalized spacial score (nSPS) is 10.3. The fourth-order valence-corrected chi connectivity index (χ4v) is 1.87. The van der Waals surface area contributed by atoms with Gasteiger partial charge in [0, 0.05) is 10.0 Å². The van der Waals surface area contributed by atoms with Crippen LogP contribution in [0.25, 0.3) is 0 Å². The van der Waals surface area contributed by atoms with E-state index in [1.54, 1.807) is 6.07 Å². The van der Waals surface area contributed by atoms with Crippen LogP contribution >= 0.6 is 28.1 Å². The molecule has 0 unspecified atom stereocenters. The van der Waals surface area contributed by atoms with Crippen molar-refractivity contribution in [3.63, 3.8) is 0 Å². The van der Waals surface area contributed by atoms with Crippen molar-refractivity contribution >= 4 is 33.1 Å². The maximum absolute atomic E-state index is 13.7. The van der Waals surface area contributed by atoms with Crippen molar-refractivity contribution in [3.05, 3.63) is 58.1 Å². The molecule has 2 rings (SSSR count). The Morgan fingerprint density at radius 2 is 1.63 bits per heavy atom. The Bertz CT molecular complexity index is 649. The van der Waals surface area contributed by atoms with Gasteiger partial charge in [-0.2, -0.15) is 0 Å². The molecule has 2 nitrogen and oxygen atoms in total. The van der Waals surface area contributed by atoms with Crippen LogP contribution in [0.15, 0.2) is 40.9 Å². The Hall–Kier alpha value is -1.53. The predicted molar refractivity (Wildman–Crippen MR) is 76.5 cm³/mol. The lowest BCUT2D eigenvalue weighted by Gasteiger charge is -2.09. The molecule has 0 atom stereocenters. The van der Waals surface area contributed by atoms with Gasteiger partial charge >= 0.3 is 0 Å². The standard InChI is InChI=1S/C13H8BrF2NOS/c14-8-2-4-12(10(16)6-8)18-11-3-1-7(13(17)19)5-9(11)15/h1-6H,(H2,17,19). The molecule has 2 aromatic carbocycles. The number of thiocarbonyl (C=S) groups is 1. The third-order valence-corrected chi connectivity index (χ3v) is 3.06. The van der Waals surface area contributed by atoms with Gasteiger partial charge in [-0.3, -0.25) is 0 Å². The summed E-state index contributed by atoms with van der Waals surface area (Å²) in [5, 5.41) is 0. The van der Waals surface area contributed by atoms with E-state index in [4.69, 9.17) is 22.7 Å². The van der Waals surface area contributed by atoms with E-state index in [0.717, 1.165) is 6.07 Å². The Morgan fingerprint density at radius 1 is 1.05 bits per heavy atom. The third-order valence-electron chi connectivity index (χ3n) is 2.33. The lowest BCUT2D eigenvalue weighted by molar-refractivity contribution is 0.414. The molecular weight excluding hydrogens is 336 g/mol. The summed E-state index contributed by atoms with van der Waals surface area (Å²) in [5.74, 6) is -1.41. The summed E-state index contributed by atoms with van der Waals surface area (Å²) in [6.07, 6.45) is 0. The van der Waals surface area contributed by atoms with Crippen molar-refractivity contribution < 1.29 is 13.5 Å². The van der Waals surface area contributed by atoms with Gasteiger partial charge in [-0.1, -0.05) is 28.1 Å². The fraction of sp³-hybridized carbons (Fsp3) is 0. The molecule has 0 heterocycles. The van der Waals surface area contributed by atoms with Gasteiger partial charge < -0.3 is 10.5 Å². The number of benzene rings is 2. The van der Waals surface area contributed by atoms with E-state index in [0.29, 0.717) is 10.0 Å². The van der Waals surface area contributed by atoms with Crippen molar-refractivity contribution in [2.75, 3.05) is 0 Å². The fourth-order valence-electron chi connectivity index (χ4n) is 1.41. The Kier molecular flexibility index (Phi) is 4.11. The molecule has 0 aromatic heterocycles. The molecule has 2 N–H and O–H groups in total. The van der Waals surface area contributed by atoms with Crippen LogP contribution in [0.3, 0.4) is 0 Å². The average molecular weight is 344 g/mol. The molecular formula is C13H8BrF2NOS. The monoisotopic (exact) mass is 343 g/mol. The van der Waals surface area contributed by atoms with Crippen molar-refractivity contribution in [1.29, 1.82) is 0 Å². The Balaban J connectivity index is 2.31. The number of rotatable bonds is 3. The van der Waals surface area contributed by atoms with Crippen molar-refractivity contribution in [1.82, 2.24) is 0 Å². The summed E-state index contributed by atoms with van der Waals surface area (Å²) >= 11 is 7.86. The smallest absolute Gasteiger partial charge is 0.166 e. The van der Waals surface area contributed by atoms with Gasteiger partial charge in [-0.25, -0.2) is 8.78 Å². The number of nitrogens with two attached hydrogens (primary N) is 1. The predicted octanol–water partition coefficient (Wildman–Crippen LogP) is 4.15.